The first-order valence-corrected chi connectivity index (χ1v) is 10.3. The number of nitrogens with one attached hydrogen (secondary N) is 1. The van der Waals surface area contributed by atoms with Crippen LogP contribution in [0.25, 0.3) is 0 Å². The van der Waals surface area contributed by atoms with E-state index in [2.05, 4.69) is 20.2 Å². The molecule has 2 amide bonds. The summed E-state index contributed by atoms with van der Waals surface area (Å²) < 4.78 is 5.62. The predicted molar refractivity (Wildman–Crippen MR) is 103 cm³/mol. The molecule has 1 aromatic heterocycles. The molecule has 1 aliphatic carbocycles. The van der Waals surface area contributed by atoms with E-state index in [1.807, 2.05) is 4.90 Å². The minimum absolute atomic E-state index is 0.0550. The van der Waals surface area contributed by atoms with Crippen LogP contribution in [0.5, 0.6) is 0 Å². The Hall–Kier alpha value is -2.06. The highest BCUT2D eigenvalue weighted by Gasteiger charge is 2.31. The van der Waals surface area contributed by atoms with Crippen molar-refractivity contribution in [3.8, 4) is 0 Å². The number of carbonyl (C=O) groups is 2. The molecule has 2 aliphatic heterocycles. The Balaban J connectivity index is 1.21. The first-order chi connectivity index (χ1) is 13.7. The van der Waals surface area contributed by atoms with E-state index in [4.69, 9.17) is 4.74 Å². The van der Waals surface area contributed by atoms with Crippen molar-refractivity contribution >= 4 is 11.8 Å². The number of morpholine rings is 1. The second kappa shape index (κ2) is 8.96. The van der Waals surface area contributed by atoms with Gasteiger partial charge in [-0.3, -0.25) is 9.59 Å². The molecule has 2 saturated heterocycles. The molecule has 3 fully saturated rings. The molecule has 0 radical (unpaired) electrons. The van der Waals surface area contributed by atoms with E-state index in [1.54, 1.807) is 0 Å². The van der Waals surface area contributed by atoms with Crippen molar-refractivity contribution in [1.82, 2.24) is 25.1 Å². The van der Waals surface area contributed by atoms with Gasteiger partial charge in [-0.1, -0.05) is 0 Å². The third-order valence-electron chi connectivity index (χ3n) is 5.93. The van der Waals surface area contributed by atoms with E-state index in [0.29, 0.717) is 24.6 Å². The molecule has 1 aromatic rings. The first-order valence-electron chi connectivity index (χ1n) is 10.3. The van der Waals surface area contributed by atoms with Crippen LogP contribution in [-0.4, -0.2) is 83.6 Å². The molecule has 0 spiro atoms. The van der Waals surface area contributed by atoms with E-state index < -0.39 is 0 Å². The summed E-state index contributed by atoms with van der Waals surface area (Å²) in [4.78, 5) is 36.6. The van der Waals surface area contributed by atoms with Gasteiger partial charge in [0, 0.05) is 38.6 Å². The lowest BCUT2D eigenvalue weighted by atomic mass is 9.95. The number of amides is 2. The molecule has 28 heavy (non-hydrogen) atoms. The molecule has 0 bridgehead atoms. The Bertz CT molecular complexity index is 674. The van der Waals surface area contributed by atoms with Gasteiger partial charge in [0.05, 0.1) is 11.7 Å². The topological polar surface area (TPSA) is 87.7 Å². The number of hydrogen-bond donors (Lipinski definition) is 1. The Kier molecular flexibility index (Phi) is 6.17. The largest absolute Gasteiger partial charge is 0.365 e. The van der Waals surface area contributed by atoms with Gasteiger partial charge in [0.25, 0.3) is 5.91 Å². The van der Waals surface area contributed by atoms with Gasteiger partial charge < -0.3 is 19.9 Å². The number of rotatable bonds is 7. The van der Waals surface area contributed by atoms with Crippen LogP contribution in [0.15, 0.2) is 18.7 Å². The fourth-order valence-electron chi connectivity index (χ4n) is 4.03. The van der Waals surface area contributed by atoms with Crippen LogP contribution < -0.4 is 5.32 Å². The highest BCUT2D eigenvalue weighted by Crippen LogP contribution is 2.31. The summed E-state index contributed by atoms with van der Waals surface area (Å²) in [5, 5.41) is 2.85. The summed E-state index contributed by atoms with van der Waals surface area (Å²) in [5.41, 5.74) is 0.421. The molecule has 152 valence electrons. The van der Waals surface area contributed by atoms with Crippen LogP contribution in [0.2, 0.25) is 0 Å². The van der Waals surface area contributed by atoms with Gasteiger partial charge in [-0.25, -0.2) is 9.97 Å². The molecule has 0 unspecified atom stereocenters. The molecule has 1 atom stereocenters. The minimum atomic E-state index is -0.226. The van der Waals surface area contributed by atoms with Gasteiger partial charge in [-0.2, -0.15) is 0 Å². The standard InChI is InChI=1S/C20H29N5O3/c26-19-13-28-18(9-23-20(27)17-7-21-14-22-8-17)12-25(19)11-16-3-5-24(6-4-16)10-15-1-2-15/h7-8,14-16,18H,1-6,9-13H2,(H,23,27)/t18-/m0/s1. The maximum atomic E-state index is 12.3. The Morgan fingerprint density at radius 1 is 1.11 bits per heavy atom. The number of carbonyl (C=O) groups excluding carboxylic acids is 2. The van der Waals surface area contributed by atoms with Gasteiger partial charge in [-0.05, 0) is 50.6 Å². The Labute approximate surface area is 165 Å². The second-order valence-corrected chi connectivity index (χ2v) is 8.26. The van der Waals surface area contributed by atoms with Crippen molar-refractivity contribution in [2.24, 2.45) is 11.8 Å². The summed E-state index contributed by atoms with van der Waals surface area (Å²) >= 11 is 0. The van der Waals surface area contributed by atoms with E-state index in [0.717, 1.165) is 38.4 Å². The molecule has 8 nitrogen and oxygen atoms in total. The van der Waals surface area contributed by atoms with Crippen LogP contribution in [0.1, 0.15) is 36.0 Å². The minimum Gasteiger partial charge on any atom is -0.365 e. The molecular weight excluding hydrogens is 358 g/mol. The van der Waals surface area contributed by atoms with E-state index >= 15 is 0 Å². The van der Waals surface area contributed by atoms with Crippen LogP contribution in [0.3, 0.4) is 0 Å². The lowest BCUT2D eigenvalue weighted by molar-refractivity contribution is -0.149. The lowest BCUT2D eigenvalue weighted by Gasteiger charge is -2.38. The highest BCUT2D eigenvalue weighted by molar-refractivity contribution is 5.93. The van der Waals surface area contributed by atoms with Gasteiger partial charge in [-0.15, -0.1) is 0 Å². The number of nitrogens with zero attached hydrogens (tertiary/aromatic N) is 4. The van der Waals surface area contributed by atoms with Gasteiger partial charge in [0.15, 0.2) is 0 Å². The zero-order valence-electron chi connectivity index (χ0n) is 16.3. The molecule has 4 rings (SSSR count). The van der Waals surface area contributed by atoms with Gasteiger partial charge >= 0.3 is 0 Å². The summed E-state index contributed by atoms with van der Waals surface area (Å²) in [6.07, 6.45) is 9.29. The summed E-state index contributed by atoms with van der Waals surface area (Å²) in [6, 6.07) is 0. The smallest absolute Gasteiger partial charge is 0.254 e. The number of ether oxygens (including phenoxy) is 1. The fourth-order valence-corrected chi connectivity index (χ4v) is 4.03. The fraction of sp³-hybridized carbons (Fsp3) is 0.700. The van der Waals surface area contributed by atoms with E-state index in [1.165, 1.54) is 38.1 Å². The van der Waals surface area contributed by atoms with Crippen LogP contribution in [-0.2, 0) is 9.53 Å². The van der Waals surface area contributed by atoms with E-state index in [-0.39, 0.29) is 24.5 Å². The number of aromatic nitrogens is 2. The maximum Gasteiger partial charge on any atom is 0.254 e. The maximum absolute atomic E-state index is 12.3. The van der Waals surface area contributed by atoms with Gasteiger partial charge in [0.1, 0.15) is 12.9 Å². The molecule has 1 saturated carbocycles. The summed E-state index contributed by atoms with van der Waals surface area (Å²) in [5.74, 6) is 1.33. The number of piperidine rings is 1. The van der Waals surface area contributed by atoms with Crippen LogP contribution >= 0.6 is 0 Å². The first kappa shape index (κ1) is 19.3. The van der Waals surface area contributed by atoms with Crippen LogP contribution in [0.4, 0.5) is 0 Å². The third kappa shape index (κ3) is 5.26. The van der Waals surface area contributed by atoms with Gasteiger partial charge in [0.2, 0.25) is 5.91 Å². The molecule has 3 heterocycles. The molecule has 0 aromatic carbocycles. The average Bonchev–Trinajstić information content (AvgIpc) is 3.54. The Morgan fingerprint density at radius 2 is 1.82 bits per heavy atom. The average molecular weight is 387 g/mol. The van der Waals surface area contributed by atoms with Crippen molar-refractivity contribution in [2.75, 3.05) is 45.9 Å². The number of hydrogen-bond acceptors (Lipinski definition) is 6. The summed E-state index contributed by atoms with van der Waals surface area (Å²) in [7, 11) is 0. The molecular formula is C20H29N5O3. The van der Waals surface area contributed by atoms with Crippen molar-refractivity contribution in [3.63, 3.8) is 0 Å². The van der Waals surface area contributed by atoms with Crippen molar-refractivity contribution < 1.29 is 14.3 Å². The van der Waals surface area contributed by atoms with Crippen molar-refractivity contribution in [1.29, 1.82) is 0 Å². The predicted octanol–water partition coefficient (Wildman–Crippen LogP) is 0.556. The molecule has 3 aliphatic rings. The zero-order valence-corrected chi connectivity index (χ0v) is 16.3. The third-order valence-corrected chi connectivity index (χ3v) is 5.93. The summed E-state index contributed by atoms with van der Waals surface area (Å²) in [6.45, 7) is 5.37. The zero-order chi connectivity index (χ0) is 19.3. The monoisotopic (exact) mass is 387 g/mol. The molecule has 1 N–H and O–H groups in total. The second-order valence-electron chi connectivity index (χ2n) is 8.26. The number of likely N-dealkylation sites (tertiary alicyclic amines) is 1. The lowest BCUT2D eigenvalue weighted by Crippen LogP contribution is -2.52. The Morgan fingerprint density at radius 3 is 2.54 bits per heavy atom. The highest BCUT2D eigenvalue weighted by atomic mass is 16.5. The van der Waals surface area contributed by atoms with E-state index in [9.17, 15) is 9.59 Å². The van der Waals surface area contributed by atoms with Crippen molar-refractivity contribution in [3.05, 3.63) is 24.3 Å². The molecule has 8 heteroatoms. The normalized spacial score (nSPS) is 24.4. The van der Waals surface area contributed by atoms with Crippen molar-refractivity contribution in [2.45, 2.75) is 31.8 Å². The van der Waals surface area contributed by atoms with Crippen LogP contribution in [0, 0.1) is 11.8 Å². The SMILES string of the molecule is O=C(NC[C@H]1CN(CC2CCN(CC3CC3)CC2)C(=O)CO1)c1cncnc1. The quantitative estimate of drug-likeness (QED) is 0.735.